The summed E-state index contributed by atoms with van der Waals surface area (Å²) in [4.78, 5) is 0. The van der Waals surface area contributed by atoms with Gasteiger partial charge in [-0.05, 0) is 107 Å². The maximum absolute atomic E-state index is 5.59. The third-order valence-corrected chi connectivity index (χ3v) is 3.81. The van der Waals surface area contributed by atoms with Gasteiger partial charge in [0.2, 0.25) is 0 Å². The minimum absolute atomic E-state index is 0.871. The summed E-state index contributed by atoms with van der Waals surface area (Å²) in [5, 5.41) is 0. The van der Waals surface area contributed by atoms with Gasteiger partial charge in [0.15, 0.2) is 0 Å². The second-order valence-electron chi connectivity index (χ2n) is 4.00. The summed E-state index contributed by atoms with van der Waals surface area (Å²) in [5.41, 5.74) is 15.2. The number of nitrogens with two attached hydrogens (primary N) is 2. The fraction of sp³-hybridized carbons (Fsp3) is 0.143. The van der Waals surface area contributed by atoms with E-state index in [4.69, 9.17) is 11.5 Å². The zero-order valence-electron chi connectivity index (χ0n) is 10.4. The predicted octanol–water partition coefficient (Wildman–Crippen LogP) is 4.36. The maximum atomic E-state index is 5.59. The summed E-state index contributed by atoms with van der Waals surface area (Å²) in [6.07, 6.45) is 0. The average Bonchev–Trinajstić information content (AvgIpc) is 2.30. The van der Waals surface area contributed by atoms with Gasteiger partial charge in [-0.15, -0.1) is 0 Å². The van der Waals surface area contributed by atoms with Crippen molar-refractivity contribution in [3.8, 4) is 0 Å². The molecular formula is C14H16I2N2. The molecule has 0 saturated carbocycles. The summed E-state index contributed by atoms with van der Waals surface area (Å²) in [5.74, 6) is 0. The van der Waals surface area contributed by atoms with Crippen LogP contribution in [0, 0.1) is 21.0 Å². The number of anilines is 2. The molecule has 0 aromatic heterocycles. The van der Waals surface area contributed by atoms with Crippen molar-refractivity contribution in [1.29, 1.82) is 0 Å². The molecule has 0 aliphatic carbocycles. The van der Waals surface area contributed by atoms with Crippen molar-refractivity contribution in [2.24, 2.45) is 0 Å². The first-order valence-corrected chi connectivity index (χ1v) is 7.59. The molecule has 0 fully saturated rings. The van der Waals surface area contributed by atoms with Crippen LogP contribution in [0.3, 0.4) is 0 Å². The fourth-order valence-electron chi connectivity index (χ4n) is 1.28. The number of halogens is 2. The largest absolute Gasteiger partial charge is 0.399 e. The van der Waals surface area contributed by atoms with E-state index in [1.54, 1.807) is 0 Å². The lowest BCUT2D eigenvalue weighted by atomic mass is 10.2. The third-order valence-electron chi connectivity index (χ3n) is 2.46. The highest BCUT2D eigenvalue weighted by Crippen LogP contribution is 2.14. The number of hydrogen-bond donors (Lipinski definition) is 2. The highest BCUT2D eigenvalue weighted by molar-refractivity contribution is 14.1. The van der Waals surface area contributed by atoms with E-state index < -0.39 is 0 Å². The molecule has 0 spiro atoms. The molecule has 2 rings (SSSR count). The van der Waals surface area contributed by atoms with Gasteiger partial charge in [-0.1, -0.05) is 0 Å². The van der Waals surface area contributed by atoms with Gasteiger partial charge in [-0.25, -0.2) is 0 Å². The summed E-state index contributed by atoms with van der Waals surface area (Å²) in [7, 11) is 0. The number of hydrogen-bond acceptors (Lipinski definition) is 2. The van der Waals surface area contributed by atoms with E-state index in [9.17, 15) is 0 Å². The Morgan fingerprint density at radius 2 is 1.06 bits per heavy atom. The van der Waals surface area contributed by atoms with E-state index in [-0.39, 0.29) is 0 Å². The standard InChI is InChI=1S/2C7H8IN/c2*1-5-4-6(8)2-3-7(5)9/h2*2-4H,9H2,1H3. The zero-order chi connectivity index (χ0) is 13.7. The summed E-state index contributed by atoms with van der Waals surface area (Å²) in [6, 6.07) is 12.0. The van der Waals surface area contributed by atoms with Gasteiger partial charge in [0.05, 0.1) is 0 Å². The molecule has 0 bridgehead atoms. The van der Waals surface area contributed by atoms with Gasteiger partial charge in [-0.2, -0.15) is 0 Å². The van der Waals surface area contributed by atoms with Crippen LogP contribution in [0.4, 0.5) is 11.4 Å². The Bertz CT molecular complexity index is 490. The number of nitrogen functional groups attached to an aromatic ring is 2. The first-order valence-electron chi connectivity index (χ1n) is 5.43. The molecule has 0 atom stereocenters. The second kappa shape index (κ2) is 7.18. The van der Waals surface area contributed by atoms with Crippen LogP contribution in [0.5, 0.6) is 0 Å². The van der Waals surface area contributed by atoms with E-state index in [2.05, 4.69) is 57.3 Å². The Labute approximate surface area is 135 Å². The quantitative estimate of drug-likeness (QED) is 0.448. The Hall–Kier alpha value is -0.500. The van der Waals surface area contributed by atoms with Gasteiger partial charge in [0.25, 0.3) is 0 Å². The van der Waals surface area contributed by atoms with Gasteiger partial charge in [0.1, 0.15) is 0 Å². The van der Waals surface area contributed by atoms with E-state index >= 15 is 0 Å². The molecule has 0 saturated heterocycles. The minimum atomic E-state index is 0.871. The van der Waals surface area contributed by atoms with Crippen molar-refractivity contribution < 1.29 is 0 Å². The molecule has 4 heteroatoms. The lowest BCUT2D eigenvalue weighted by molar-refractivity contribution is 1.45. The number of rotatable bonds is 0. The Balaban J connectivity index is 0.000000180. The maximum Gasteiger partial charge on any atom is 0.0344 e. The van der Waals surface area contributed by atoms with E-state index in [0.717, 1.165) is 22.5 Å². The van der Waals surface area contributed by atoms with Crippen LogP contribution in [0.2, 0.25) is 0 Å². The summed E-state index contributed by atoms with van der Waals surface area (Å²) >= 11 is 4.53. The highest BCUT2D eigenvalue weighted by atomic mass is 127. The first-order chi connectivity index (χ1) is 8.40. The summed E-state index contributed by atoms with van der Waals surface area (Å²) in [6.45, 7) is 4.02. The third kappa shape index (κ3) is 5.01. The molecule has 0 aliphatic rings. The van der Waals surface area contributed by atoms with Crippen LogP contribution in [0.25, 0.3) is 0 Å². The zero-order valence-corrected chi connectivity index (χ0v) is 14.7. The van der Waals surface area contributed by atoms with Crippen molar-refractivity contribution in [2.45, 2.75) is 13.8 Å². The fourth-order valence-corrected chi connectivity index (χ4v) is 2.57. The summed E-state index contributed by atoms with van der Waals surface area (Å²) < 4.78 is 2.47. The van der Waals surface area contributed by atoms with Crippen molar-refractivity contribution >= 4 is 56.6 Å². The Morgan fingerprint density at radius 1 is 0.722 bits per heavy atom. The average molecular weight is 466 g/mol. The lowest BCUT2D eigenvalue weighted by Gasteiger charge is -1.97. The molecule has 0 heterocycles. The molecule has 0 amide bonds. The van der Waals surface area contributed by atoms with Crippen LogP contribution in [-0.2, 0) is 0 Å². The normalized spacial score (nSPS) is 9.56. The molecule has 2 aromatic rings. The van der Waals surface area contributed by atoms with Crippen LogP contribution in [-0.4, -0.2) is 0 Å². The Kier molecular flexibility index (Phi) is 6.20. The van der Waals surface area contributed by atoms with Gasteiger partial charge < -0.3 is 11.5 Å². The molecule has 2 nitrogen and oxygen atoms in total. The van der Waals surface area contributed by atoms with E-state index in [1.165, 1.54) is 7.14 Å². The van der Waals surface area contributed by atoms with Crippen molar-refractivity contribution in [2.75, 3.05) is 11.5 Å². The van der Waals surface area contributed by atoms with Crippen LogP contribution < -0.4 is 11.5 Å². The van der Waals surface area contributed by atoms with Gasteiger partial charge in [0, 0.05) is 18.5 Å². The first kappa shape index (κ1) is 15.6. The van der Waals surface area contributed by atoms with Gasteiger partial charge >= 0.3 is 0 Å². The number of aryl methyl sites for hydroxylation is 2. The van der Waals surface area contributed by atoms with E-state index in [1.807, 2.05) is 38.1 Å². The lowest BCUT2D eigenvalue weighted by Crippen LogP contribution is -1.88. The van der Waals surface area contributed by atoms with Crippen molar-refractivity contribution in [3.63, 3.8) is 0 Å². The van der Waals surface area contributed by atoms with E-state index in [0.29, 0.717) is 0 Å². The smallest absolute Gasteiger partial charge is 0.0344 e. The van der Waals surface area contributed by atoms with Crippen LogP contribution >= 0.6 is 45.2 Å². The Morgan fingerprint density at radius 3 is 1.28 bits per heavy atom. The second-order valence-corrected chi connectivity index (χ2v) is 6.49. The monoisotopic (exact) mass is 466 g/mol. The molecular weight excluding hydrogens is 450 g/mol. The van der Waals surface area contributed by atoms with Crippen molar-refractivity contribution in [1.82, 2.24) is 0 Å². The predicted molar refractivity (Wildman–Crippen MR) is 96.6 cm³/mol. The van der Waals surface area contributed by atoms with Crippen LogP contribution in [0.15, 0.2) is 36.4 Å². The molecule has 0 aliphatic heterocycles. The topological polar surface area (TPSA) is 52.0 Å². The minimum Gasteiger partial charge on any atom is -0.399 e. The molecule has 96 valence electrons. The number of benzene rings is 2. The van der Waals surface area contributed by atoms with Crippen LogP contribution in [0.1, 0.15) is 11.1 Å². The highest BCUT2D eigenvalue weighted by Gasteiger charge is 1.91. The SMILES string of the molecule is Cc1cc(I)ccc1N.Cc1cc(I)ccc1N. The molecule has 2 aromatic carbocycles. The van der Waals surface area contributed by atoms with Gasteiger partial charge in [-0.3, -0.25) is 0 Å². The van der Waals surface area contributed by atoms with Crippen molar-refractivity contribution in [3.05, 3.63) is 54.7 Å². The molecule has 4 N–H and O–H groups in total. The molecule has 18 heavy (non-hydrogen) atoms. The molecule has 0 radical (unpaired) electrons. The molecule has 0 unspecified atom stereocenters.